The lowest BCUT2D eigenvalue weighted by molar-refractivity contribution is 0.195. The van der Waals surface area contributed by atoms with Gasteiger partial charge in [0, 0.05) is 18.5 Å². The smallest absolute Gasteiger partial charge is 0.243 e. The van der Waals surface area contributed by atoms with Gasteiger partial charge in [0.05, 0.1) is 22.5 Å². The molecule has 2 aliphatic rings. The van der Waals surface area contributed by atoms with E-state index in [1.54, 1.807) is 28.6 Å². The number of piperidine rings is 1. The van der Waals surface area contributed by atoms with Crippen LogP contribution in [0.15, 0.2) is 65.2 Å². The number of nitrogens with two attached hydrogens (primary N) is 1. The maximum Gasteiger partial charge on any atom is 0.243 e. The topological polar surface area (TPSA) is 81.2 Å². The van der Waals surface area contributed by atoms with Gasteiger partial charge in [-0.3, -0.25) is 0 Å². The summed E-state index contributed by atoms with van der Waals surface area (Å²) in [6.45, 7) is 7.75. The molecule has 8 heteroatoms. The molecular weight excluding hydrogens is 487 g/mol. The summed E-state index contributed by atoms with van der Waals surface area (Å²) in [5, 5.41) is 4.60. The third-order valence-corrected chi connectivity index (χ3v) is 9.66. The summed E-state index contributed by atoms with van der Waals surface area (Å²) < 4.78 is 44.4. The molecule has 0 amide bonds. The highest BCUT2D eigenvalue weighted by atomic mass is 32.2. The lowest BCUT2D eigenvalue weighted by Gasteiger charge is -2.46. The number of rotatable bonds is 6. The summed E-state index contributed by atoms with van der Waals surface area (Å²) in [4.78, 5) is 0.336. The number of aromatic nitrogens is 2. The van der Waals surface area contributed by atoms with Crippen molar-refractivity contribution >= 4 is 16.1 Å². The van der Waals surface area contributed by atoms with Gasteiger partial charge in [0.25, 0.3) is 0 Å². The molecule has 3 aromatic rings. The Morgan fingerprint density at radius 3 is 2.43 bits per heavy atom. The van der Waals surface area contributed by atoms with Gasteiger partial charge in [0.1, 0.15) is 5.82 Å². The fourth-order valence-corrected chi connectivity index (χ4v) is 7.20. The number of halogens is 1. The third kappa shape index (κ3) is 4.78. The Morgan fingerprint density at radius 1 is 1.08 bits per heavy atom. The van der Waals surface area contributed by atoms with Gasteiger partial charge in [-0.2, -0.15) is 9.40 Å². The molecule has 1 fully saturated rings. The van der Waals surface area contributed by atoms with Gasteiger partial charge in [0.2, 0.25) is 10.0 Å². The van der Waals surface area contributed by atoms with Gasteiger partial charge in [-0.05, 0) is 91.2 Å². The Bertz CT molecular complexity index is 1420. The second-order valence-electron chi connectivity index (χ2n) is 11.3. The predicted molar refractivity (Wildman–Crippen MR) is 144 cm³/mol. The van der Waals surface area contributed by atoms with Gasteiger partial charge in [-0.1, -0.05) is 38.5 Å². The molecule has 1 aliphatic carbocycles. The molecule has 1 aromatic heterocycles. The maximum atomic E-state index is 13.7. The van der Waals surface area contributed by atoms with Gasteiger partial charge >= 0.3 is 0 Å². The second-order valence-corrected chi connectivity index (χ2v) is 13.3. The minimum absolute atomic E-state index is 0.0441. The third-order valence-electron chi connectivity index (χ3n) is 7.81. The van der Waals surface area contributed by atoms with Crippen LogP contribution in [0.5, 0.6) is 0 Å². The van der Waals surface area contributed by atoms with E-state index in [1.165, 1.54) is 17.7 Å². The predicted octanol–water partition coefficient (Wildman–Crippen LogP) is 5.07. The molecule has 196 valence electrons. The van der Waals surface area contributed by atoms with Crippen molar-refractivity contribution in [2.24, 2.45) is 11.1 Å². The second kappa shape index (κ2) is 9.49. The molecule has 6 nitrogen and oxygen atoms in total. The summed E-state index contributed by atoms with van der Waals surface area (Å²) in [6.07, 6.45) is 7.00. The number of hydrogen-bond acceptors (Lipinski definition) is 4. The van der Waals surface area contributed by atoms with Gasteiger partial charge in [-0.15, -0.1) is 0 Å². The Kier molecular flexibility index (Phi) is 6.63. The largest absolute Gasteiger partial charge is 0.330 e. The summed E-state index contributed by atoms with van der Waals surface area (Å²) in [7, 11) is -3.64. The number of fused-ring (bicyclic) bond motifs is 2. The molecule has 0 saturated carbocycles. The first kappa shape index (κ1) is 25.8. The van der Waals surface area contributed by atoms with Crippen LogP contribution in [0.2, 0.25) is 0 Å². The van der Waals surface area contributed by atoms with E-state index in [4.69, 9.17) is 5.73 Å². The molecule has 0 radical (unpaired) electrons. The molecular formula is C29H35FN4O2S. The number of sulfonamides is 1. The fourth-order valence-electron chi connectivity index (χ4n) is 5.67. The number of benzene rings is 2. The standard InChI is InChI=1S/C29H35FN4O2S/c1-28(2,3)22-5-11-26(12-6-22)37(35,36)33-16-13-23-17-27-21(18-29(23,20-33)14-4-15-31)19-32-34(27)25-9-7-24(30)8-10-25/h5-12,17,19H,4,13-16,18,20,31H2,1-3H3. The van der Waals surface area contributed by atoms with E-state index in [-0.39, 0.29) is 16.6 Å². The quantitative estimate of drug-likeness (QED) is 0.490. The minimum Gasteiger partial charge on any atom is -0.330 e. The summed E-state index contributed by atoms with van der Waals surface area (Å²) >= 11 is 0. The maximum absolute atomic E-state index is 13.7. The van der Waals surface area contributed by atoms with Crippen molar-refractivity contribution in [3.8, 4) is 5.69 Å². The van der Waals surface area contributed by atoms with Crippen molar-refractivity contribution in [3.63, 3.8) is 0 Å². The summed E-state index contributed by atoms with van der Waals surface area (Å²) in [6, 6.07) is 13.6. The molecule has 0 bridgehead atoms. The molecule has 2 heterocycles. The molecule has 1 saturated heterocycles. The zero-order valence-electron chi connectivity index (χ0n) is 21.7. The van der Waals surface area contributed by atoms with Crippen molar-refractivity contribution in [2.75, 3.05) is 19.6 Å². The molecule has 0 spiro atoms. The summed E-state index contributed by atoms with van der Waals surface area (Å²) in [5.41, 5.74) is 10.7. The van der Waals surface area contributed by atoms with Gasteiger partial charge in [0.15, 0.2) is 0 Å². The van der Waals surface area contributed by atoms with Crippen molar-refractivity contribution in [1.29, 1.82) is 0 Å². The van der Waals surface area contributed by atoms with E-state index in [0.717, 1.165) is 35.3 Å². The molecule has 1 aliphatic heterocycles. The summed E-state index contributed by atoms with van der Waals surface area (Å²) in [5.74, 6) is -0.287. The Labute approximate surface area is 219 Å². The van der Waals surface area contributed by atoms with E-state index in [9.17, 15) is 12.8 Å². The van der Waals surface area contributed by atoms with Crippen LogP contribution in [0.3, 0.4) is 0 Å². The first-order valence-electron chi connectivity index (χ1n) is 12.9. The van der Waals surface area contributed by atoms with Crippen molar-refractivity contribution in [1.82, 2.24) is 14.1 Å². The number of hydrogen-bond donors (Lipinski definition) is 1. The average Bonchev–Trinajstić information content (AvgIpc) is 3.28. The van der Waals surface area contributed by atoms with Crippen LogP contribution >= 0.6 is 0 Å². The van der Waals surface area contributed by atoms with E-state index in [2.05, 4.69) is 31.9 Å². The minimum atomic E-state index is -3.64. The SMILES string of the molecule is CC(C)(C)c1ccc(S(=O)(=O)N2CCC3=Cc4c(cnn4-c4ccc(F)cc4)CC3(CCCN)C2)cc1. The van der Waals surface area contributed by atoms with Gasteiger partial charge in [-0.25, -0.2) is 17.5 Å². The van der Waals surface area contributed by atoms with Gasteiger partial charge < -0.3 is 5.73 Å². The van der Waals surface area contributed by atoms with Crippen LogP contribution < -0.4 is 5.73 Å². The fraction of sp³-hybridized carbons (Fsp3) is 0.414. The molecule has 2 aromatic carbocycles. The van der Waals surface area contributed by atoms with Crippen LogP contribution in [-0.2, 0) is 21.9 Å². The highest BCUT2D eigenvalue weighted by molar-refractivity contribution is 7.89. The average molecular weight is 523 g/mol. The van der Waals surface area contributed by atoms with Crippen LogP contribution in [0, 0.1) is 11.2 Å². The molecule has 1 atom stereocenters. The molecule has 1 unspecified atom stereocenters. The molecule has 37 heavy (non-hydrogen) atoms. The highest BCUT2D eigenvalue weighted by Crippen LogP contribution is 2.48. The van der Waals surface area contributed by atoms with Crippen LogP contribution in [0.25, 0.3) is 11.8 Å². The zero-order chi connectivity index (χ0) is 26.4. The first-order valence-corrected chi connectivity index (χ1v) is 14.3. The van der Waals surface area contributed by atoms with Crippen molar-refractivity contribution in [2.45, 2.75) is 56.8 Å². The first-order chi connectivity index (χ1) is 17.5. The van der Waals surface area contributed by atoms with Crippen LogP contribution in [0.4, 0.5) is 4.39 Å². The zero-order valence-corrected chi connectivity index (χ0v) is 22.6. The Balaban J connectivity index is 1.47. The highest BCUT2D eigenvalue weighted by Gasteiger charge is 2.45. The van der Waals surface area contributed by atoms with E-state index >= 15 is 0 Å². The lowest BCUT2D eigenvalue weighted by Crippen LogP contribution is -2.49. The molecule has 2 N–H and O–H groups in total. The van der Waals surface area contributed by atoms with Crippen LogP contribution in [-0.4, -0.2) is 42.1 Å². The van der Waals surface area contributed by atoms with E-state index in [1.807, 2.05) is 23.0 Å². The monoisotopic (exact) mass is 522 g/mol. The lowest BCUT2D eigenvalue weighted by atomic mass is 9.66. The van der Waals surface area contributed by atoms with Crippen LogP contribution in [0.1, 0.15) is 56.9 Å². The van der Waals surface area contributed by atoms with Crippen molar-refractivity contribution in [3.05, 3.63) is 82.9 Å². The normalized spacial score (nSPS) is 20.3. The molecule has 5 rings (SSSR count). The Morgan fingerprint density at radius 2 is 1.78 bits per heavy atom. The van der Waals surface area contributed by atoms with E-state index in [0.29, 0.717) is 37.4 Å². The number of nitrogens with zero attached hydrogens (tertiary/aromatic N) is 3. The van der Waals surface area contributed by atoms with Crippen molar-refractivity contribution < 1.29 is 12.8 Å². The Hall–Kier alpha value is -2.81. The van der Waals surface area contributed by atoms with E-state index < -0.39 is 10.0 Å².